The third kappa shape index (κ3) is 3.10. The average molecular weight is 397 g/mol. The van der Waals surface area contributed by atoms with Gasteiger partial charge in [-0.05, 0) is 42.7 Å². The maximum absolute atomic E-state index is 12.9. The number of anilines is 2. The van der Waals surface area contributed by atoms with Crippen LogP contribution in [0.5, 0.6) is 11.5 Å². The molecule has 0 unspecified atom stereocenters. The Kier molecular flexibility index (Phi) is 4.28. The fraction of sp³-hybridized carbons (Fsp3) is 0.130. The molecule has 2 aromatic heterocycles. The summed E-state index contributed by atoms with van der Waals surface area (Å²) in [5, 5.41) is 0.537. The zero-order valence-corrected chi connectivity index (χ0v) is 16.1. The van der Waals surface area contributed by atoms with Gasteiger partial charge >= 0.3 is 0 Å². The molecule has 7 nitrogen and oxygen atoms in total. The molecule has 148 valence electrons. The van der Waals surface area contributed by atoms with Gasteiger partial charge < -0.3 is 16.2 Å². The highest BCUT2D eigenvalue weighted by molar-refractivity contribution is 6.13. The van der Waals surface area contributed by atoms with Gasteiger partial charge in [-0.1, -0.05) is 30.3 Å². The van der Waals surface area contributed by atoms with Crippen LogP contribution in [0.3, 0.4) is 0 Å². The molecule has 7 heteroatoms. The number of aromatic nitrogens is 3. The summed E-state index contributed by atoms with van der Waals surface area (Å²) >= 11 is 0. The Morgan fingerprint density at radius 1 is 0.833 bits per heavy atom. The zero-order chi connectivity index (χ0) is 20.7. The summed E-state index contributed by atoms with van der Waals surface area (Å²) in [6, 6.07) is 17.1. The number of hydrogen-bond donors (Lipinski definition) is 2. The maximum atomic E-state index is 12.9. The summed E-state index contributed by atoms with van der Waals surface area (Å²) in [5.41, 5.74) is 15.2. The van der Waals surface area contributed by atoms with Crippen molar-refractivity contribution in [1.29, 1.82) is 0 Å². The van der Waals surface area contributed by atoms with E-state index < -0.39 is 0 Å². The Balaban J connectivity index is 1.75. The van der Waals surface area contributed by atoms with E-state index in [4.69, 9.17) is 16.2 Å². The lowest BCUT2D eigenvalue weighted by Gasteiger charge is -2.20. The van der Waals surface area contributed by atoms with E-state index in [0.717, 1.165) is 23.4 Å². The van der Waals surface area contributed by atoms with E-state index in [2.05, 4.69) is 15.0 Å². The number of ether oxygens (including phenoxy) is 1. The summed E-state index contributed by atoms with van der Waals surface area (Å²) in [5.74, 6) is 1.68. The summed E-state index contributed by atoms with van der Waals surface area (Å²) in [6.45, 7) is 0. The van der Waals surface area contributed by atoms with Crippen molar-refractivity contribution in [2.75, 3.05) is 11.5 Å². The highest BCUT2D eigenvalue weighted by atomic mass is 16.5. The number of carbonyl (C=O) groups excluding carboxylic acids is 1. The Hall–Kier alpha value is -4.00. The summed E-state index contributed by atoms with van der Waals surface area (Å²) in [6.07, 6.45) is 1.94. The lowest BCUT2D eigenvalue weighted by molar-refractivity contribution is 0.0972. The molecule has 2 aromatic carbocycles. The van der Waals surface area contributed by atoms with Crippen molar-refractivity contribution in [2.45, 2.75) is 19.3 Å². The van der Waals surface area contributed by atoms with Crippen molar-refractivity contribution in [3.05, 3.63) is 65.9 Å². The van der Waals surface area contributed by atoms with E-state index in [1.807, 2.05) is 54.6 Å². The number of ketones is 1. The molecule has 0 radical (unpaired) electrons. The molecule has 2 heterocycles. The number of nitrogens with zero attached hydrogens (tertiary/aromatic N) is 3. The molecule has 1 aliphatic carbocycles. The standard InChI is InChI=1S/C23H19N5O2/c24-21-20-18(13-6-4-9-15(12-13)30-14-7-2-1-3-8-14)19-16(10-5-11-17(19)29)26-22(20)28-23(25)27-21/h1-4,6-9,12H,5,10-11H2,(H4,24,25,26,27,28). The van der Waals surface area contributed by atoms with Gasteiger partial charge in [0.2, 0.25) is 5.95 Å². The molecule has 0 bridgehead atoms. The van der Waals surface area contributed by atoms with Crippen molar-refractivity contribution in [1.82, 2.24) is 15.0 Å². The van der Waals surface area contributed by atoms with Crippen LogP contribution in [0, 0.1) is 0 Å². The molecule has 5 rings (SSSR count). The molecule has 1 aliphatic rings. The number of benzene rings is 2. The van der Waals surface area contributed by atoms with Crippen LogP contribution >= 0.6 is 0 Å². The van der Waals surface area contributed by atoms with Crippen molar-refractivity contribution in [3.8, 4) is 22.6 Å². The van der Waals surface area contributed by atoms with Crippen LogP contribution in [0.1, 0.15) is 28.9 Å². The number of nitrogen functional groups attached to an aromatic ring is 2. The number of para-hydroxylation sites is 1. The summed E-state index contributed by atoms with van der Waals surface area (Å²) < 4.78 is 5.99. The highest BCUT2D eigenvalue weighted by Crippen LogP contribution is 2.39. The van der Waals surface area contributed by atoms with Gasteiger partial charge in [0.1, 0.15) is 17.3 Å². The molecular formula is C23H19N5O2. The van der Waals surface area contributed by atoms with E-state index in [0.29, 0.717) is 40.8 Å². The number of fused-ring (bicyclic) bond motifs is 2. The third-order valence-electron chi connectivity index (χ3n) is 5.16. The molecule has 0 fully saturated rings. The predicted octanol–water partition coefficient (Wildman–Crippen LogP) is 4.17. The largest absolute Gasteiger partial charge is 0.457 e. The minimum absolute atomic E-state index is 0.0475. The number of hydrogen-bond acceptors (Lipinski definition) is 7. The molecule has 0 amide bonds. The minimum Gasteiger partial charge on any atom is -0.457 e. The van der Waals surface area contributed by atoms with E-state index in [1.165, 1.54) is 0 Å². The fourth-order valence-corrected chi connectivity index (χ4v) is 3.91. The van der Waals surface area contributed by atoms with Crippen LogP contribution in [-0.2, 0) is 6.42 Å². The second kappa shape index (κ2) is 7.11. The Morgan fingerprint density at radius 3 is 2.47 bits per heavy atom. The SMILES string of the molecule is Nc1nc(N)c2c(-c3cccc(Oc4ccccc4)c3)c3c(nc2n1)CCCC3=O. The minimum atomic E-state index is 0.0475. The maximum Gasteiger partial charge on any atom is 0.224 e. The highest BCUT2D eigenvalue weighted by Gasteiger charge is 2.27. The second-order valence-electron chi connectivity index (χ2n) is 7.19. The number of Topliss-reactive ketones (excluding diaryl/α,β-unsaturated/α-hetero) is 1. The van der Waals surface area contributed by atoms with Crippen molar-refractivity contribution in [3.63, 3.8) is 0 Å². The smallest absolute Gasteiger partial charge is 0.224 e. The van der Waals surface area contributed by atoms with Crippen LogP contribution in [0.2, 0.25) is 0 Å². The quantitative estimate of drug-likeness (QED) is 0.533. The van der Waals surface area contributed by atoms with Crippen LogP contribution in [-0.4, -0.2) is 20.7 Å². The van der Waals surface area contributed by atoms with Gasteiger partial charge in [0.25, 0.3) is 0 Å². The number of rotatable bonds is 3. The molecule has 0 atom stereocenters. The summed E-state index contributed by atoms with van der Waals surface area (Å²) in [4.78, 5) is 25.9. The van der Waals surface area contributed by atoms with Gasteiger partial charge in [0.05, 0.1) is 11.1 Å². The summed E-state index contributed by atoms with van der Waals surface area (Å²) in [7, 11) is 0. The molecule has 0 aliphatic heterocycles. The Labute approximate surface area is 172 Å². The first-order valence-corrected chi connectivity index (χ1v) is 9.72. The number of pyridine rings is 1. The molecule has 0 saturated carbocycles. The number of aryl methyl sites for hydroxylation is 1. The first-order chi connectivity index (χ1) is 14.6. The van der Waals surface area contributed by atoms with E-state index in [-0.39, 0.29) is 17.5 Å². The van der Waals surface area contributed by atoms with Crippen molar-refractivity contribution < 1.29 is 9.53 Å². The molecule has 4 N–H and O–H groups in total. The molecule has 0 spiro atoms. The van der Waals surface area contributed by atoms with E-state index >= 15 is 0 Å². The van der Waals surface area contributed by atoms with Crippen LogP contribution in [0.15, 0.2) is 54.6 Å². The number of carbonyl (C=O) groups is 1. The topological polar surface area (TPSA) is 117 Å². The molecule has 30 heavy (non-hydrogen) atoms. The normalized spacial score (nSPS) is 13.3. The molecule has 0 saturated heterocycles. The van der Waals surface area contributed by atoms with Crippen LogP contribution in [0.25, 0.3) is 22.2 Å². The van der Waals surface area contributed by atoms with Gasteiger partial charge in [-0.3, -0.25) is 4.79 Å². The van der Waals surface area contributed by atoms with Crippen molar-refractivity contribution in [2.24, 2.45) is 0 Å². The lowest BCUT2D eigenvalue weighted by Crippen LogP contribution is -2.16. The average Bonchev–Trinajstić information content (AvgIpc) is 2.73. The Morgan fingerprint density at radius 2 is 1.63 bits per heavy atom. The molecule has 4 aromatic rings. The van der Waals surface area contributed by atoms with E-state index in [9.17, 15) is 4.79 Å². The monoisotopic (exact) mass is 397 g/mol. The van der Waals surface area contributed by atoms with Gasteiger partial charge in [-0.15, -0.1) is 0 Å². The predicted molar refractivity (Wildman–Crippen MR) is 115 cm³/mol. The lowest BCUT2D eigenvalue weighted by atomic mass is 9.86. The fourth-order valence-electron chi connectivity index (χ4n) is 3.91. The van der Waals surface area contributed by atoms with Crippen LogP contribution < -0.4 is 16.2 Å². The van der Waals surface area contributed by atoms with Gasteiger partial charge in [-0.25, -0.2) is 4.98 Å². The third-order valence-corrected chi connectivity index (χ3v) is 5.16. The van der Waals surface area contributed by atoms with Gasteiger partial charge in [0, 0.05) is 17.5 Å². The zero-order valence-electron chi connectivity index (χ0n) is 16.1. The van der Waals surface area contributed by atoms with Crippen molar-refractivity contribution >= 4 is 28.6 Å². The first kappa shape index (κ1) is 18.1. The van der Waals surface area contributed by atoms with Gasteiger partial charge in [-0.2, -0.15) is 9.97 Å². The van der Waals surface area contributed by atoms with Gasteiger partial charge in [0.15, 0.2) is 11.4 Å². The Bertz CT molecular complexity index is 1290. The second-order valence-corrected chi connectivity index (χ2v) is 7.19. The van der Waals surface area contributed by atoms with E-state index in [1.54, 1.807) is 0 Å². The molecular weight excluding hydrogens is 378 g/mol. The van der Waals surface area contributed by atoms with Crippen LogP contribution in [0.4, 0.5) is 11.8 Å². The number of nitrogens with two attached hydrogens (primary N) is 2. The first-order valence-electron chi connectivity index (χ1n) is 9.72.